The van der Waals surface area contributed by atoms with Crippen LogP contribution in [0.2, 0.25) is 0 Å². The van der Waals surface area contributed by atoms with Crippen molar-refractivity contribution in [2.75, 3.05) is 18.7 Å². The van der Waals surface area contributed by atoms with Gasteiger partial charge in [-0.05, 0) is 43.4 Å². The van der Waals surface area contributed by atoms with Crippen molar-refractivity contribution in [1.82, 2.24) is 10.6 Å². The van der Waals surface area contributed by atoms with Crippen LogP contribution in [0.4, 0.5) is 0 Å². The fraction of sp³-hybridized carbons (Fsp3) is 0.588. The van der Waals surface area contributed by atoms with Crippen molar-refractivity contribution < 1.29 is 14.3 Å². The van der Waals surface area contributed by atoms with Gasteiger partial charge in [-0.2, -0.15) is 0 Å². The SMILES string of the molecule is COc1ccc(CNC(=O)C2CSCN2)cc1OC1CCCC1. The summed E-state index contributed by atoms with van der Waals surface area (Å²) in [5, 5.41) is 6.16. The summed E-state index contributed by atoms with van der Waals surface area (Å²) in [5.74, 6) is 3.27. The Balaban J connectivity index is 1.61. The highest BCUT2D eigenvalue weighted by atomic mass is 32.2. The normalized spacial score (nSPS) is 21.3. The van der Waals surface area contributed by atoms with Gasteiger partial charge in [0.15, 0.2) is 11.5 Å². The lowest BCUT2D eigenvalue weighted by Gasteiger charge is -2.17. The fourth-order valence-corrected chi connectivity index (χ4v) is 3.93. The molecule has 1 saturated carbocycles. The molecule has 1 aliphatic carbocycles. The van der Waals surface area contributed by atoms with Crippen LogP contribution in [0, 0.1) is 0 Å². The van der Waals surface area contributed by atoms with Crippen molar-refractivity contribution in [3.8, 4) is 11.5 Å². The third-order valence-corrected chi connectivity index (χ3v) is 5.26. The minimum atomic E-state index is -0.0764. The summed E-state index contributed by atoms with van der Waals surface area (Å²) < 4.78 is 11.5. The lowest BCUT2D eigenvalue weighted by molar-refractivity contribution is -0.122. The average Bonchev–Trinajstić information content (AvgIpc) is 3.26. The monoisotopic (exact) mass is 336 g/mol. The summed E-state index contributed by atoms with van der Waals surface area (Å²) in [5.41, 5.74) is 1.03. The van der Waals surface area contributed by atoms with Gasteiger partial charge in [0.1, 0.15) is 0 Å². The van der Waals surface area contributed by atoms with Crippen LogP contribution in [0.3, 0.4) is 0 Å². The highest BCUT2D eigenvalue weighted by Gasteiger charge is 2.22. The predicted molar refractivity (Wildman–Crippen MR) is 92.0 cm³/mol. The molecular formula is C17H24N2O3S. The Hall–Kier alpha value is -1.40. The minimum absolute atomic E-state index is 0.0593. The van der Waals surface area contributed by atoms with Gasteiger partial charge in [0, 0.05) is 18.2 Å². The van der Waals surface area contributed by atoms with Crippen molar-refractivity contribution >= 4 is 17.7 Å². The third-order valence-electron chi connectivity index (χ3n) is 4.32. The van der Waals surface area contributed by atoms with Crippen LogP contribution in [-0.2, 0) is 11.3 Å². The molecule has 126 valence electrons. The molecule has 3 rings (SSSR count). The first-order chi connectivity index (χ1) is 11.3. The molecule has 0 spiro atoms. The zero-order valence-electron chi connectivity index (χ0n) is 13.5. The Morgan fingerprint density at radius 3 is 2.87 bits per heavy atom. The van der Waals surface area contributed by atoms with Gasteiger partial charge in [0.05, 0.1) is 19.3 Å². The molecule has 6 heteroatoms. The van der Waals surface area contributed by atoms with E-state index in [9.17, 15) is 4.79 Å². The molecule has 0 radical (unpaired) electrons. The molecule has 1 unspecified atom stereocenters. The van der Waals surface area contributed by atoms with Gasteiger partial charge in [-0.15, -0.1) is 11.8 Å². The summed E-state index contributed by atoms with van der Waals surface area (Å²) in [6.45, 7) is 0.507. The van der Waals surface area contributed by atoms with Gasteiger partial charge in [0.2, 0.25) is 5.91 Å². The third kappa shape index (κ3) is 4.32. The maximum atomic E-state index is 12.1. The Bertz CT molecular complexity index is 541. The van der Waals surface area contributed by atoms with Crippen LogP contribution in [0.5, 0.6) is 11.5 Å². The number of rotatable bonds is 6. The number of methoxy groups -OCH3 is 1. The highest BCUT2D eigenvalue weighted by Crippen LogP contribution is 2.32. The smallest absolute Gasteiger partial charge is 0.238 e. The largest absolute Gasteiger partial charge is 0.493 e. The van der Waals surface area contributed by atoms with Crippen LogP contribution in [-0.4, -0.2) is 36.8 Å². The predicted octanol–water partition coefficient (Wildman–Crippen LogP) is 2.30. The number of thioether (sulfide) groups is 1. The van der Waals surface area contributed by atoms with E-state index in [2.05, 4.69) is 10.6 Å². The molecule has 1 aromatic carbocycles. The van der Waals surface area contributed by atoms with E-state index in [1.54, 1.807) is 18.9 Å². The lowest BCUT2D eigenvalue weighted by atomic mass is 10.2. The highest BCUT2D eigenvalue weighted by molar-refractivity contribution is 7.99. The number of hydrogen-bond donors (Lipinski definition) is 2. The van der Waals surface area contributed by atoms with Crippen LogP contribution in [0.25, 0.3) is 0 Å². The maximum absolute atomic E-state index is 12.1. The molecule has 1 heterocycles. The van der Waals surface area contributed by atoms with Crippen molar-refractivity contribution in [3.63, 3.8) is 0 Å². The maximum Gasteiger partial charge on any atom is 0.238 e. The van der Waals surface area contributed by atoms with Crippen molar-refractivity contribution in [2.45, 2.75) is 44.4 Å². The topological polar surface area (TPSA) is 59.6 Å². The molecule has 5 nitrogen and oxygen atoms in total. The number of carbonyl (C=O) groups excluding carboxylic acids is 1. The molecule has 0 bridgehead atoms. The van der Waals surface area contributed by atoms with Gasteiger partial charge in [-0.3, -0.25) is 10.1 Å². The summed E-state index contributed by atoms with van der Waals surface area (Å²) in [4.78, 5) is 12.1. The number of hydrogen-bond acceptors (Lipinski definition) is 5. The second kappa shape index (κ2) is 7.93. The molecular weight excluding hydrogens is 312 g/mol. The van der Waals surface area contributed by atoms with E-state index in [0.717, 1.165) is 41.5 Å². The number of nitrogens with one attached hydrogen (secondary N) is 2. The number of carbonyl (C=O) groups is 1. The van der Waals surface area contributed by atoms with Crippen LogP contribution in [0.15, 0.2) is 18.2 Å². The van der Waals surface area contributed by atoms with Crippen LogP contribution in [0.1, 0.15) is 31.2 Å². The zero-order chi connectivity index (χ0) is 16.1. The molecule has 23 heavy (non-hydrogen) atoms. The Morgan fingerprint density at radius 2 is 2.17 bits per heavy atom. The summed E-state index contributed by atoms with van der Waals surface area (Å²) in [6, 6.07) is 5.79. The molecule has 1 aliphatic heterocycles. The Labute approximate surface area is 141 Å². The lowest BCUT2D eigenvalue weighted by Crippen LogP contribution is -2.41. The van der Waals surface area contributed by atoms with E-state index >= 15 is 0 Å². The van der Waals surface area contributed by atoms with Gasteiger partial charge < -0.3 is 14.8 Å². The molecule has 2 N–H and O–H groups in total. The quantitative estimate of drug-likeness (QED) is 0.835. The van der Waals surface area contributed by atoms with Gasteiger partial charge >= 0.3 is 0 Å². The minimum Gasteiger partial charge on any atom is -0.493 e. The summed E-state index contributed by atoms with van der Waals surface area (Å²) in [6.07, 6.45) is 4.96. The van der Waals surface area contributed by atoms with E-state index in [1.165, 1.54) is 12.8 Å². The average molecular weight is 336 g/mol. The Kier molecular flexibility index (Phi) is 5.67. The second-order valence-electron chi connectivity index (χ2n) is 6.00. The van der Waals surface area contributed by atoms with E-state index in [0.29, 0.717) is 6.54 Å². The first-order valence-corrected chi connectivity index (χ1v) is 9.34. The standard InChI is InChI=1S/C17H24N2O3S/c1-21-15-7-6-12(8-16(15)22-13-4-2-3-5-13)9-18-17(20)14-10-23-11-19-14/h6-8,13-14,19H,2-5,9-11H2,1H3,(H,18,20). The first kappa shape index (κ1) is 16.5. The molecule has 0 aromatic heterocycles. The number of benzene rings is 1. The van der Waals surface area contributed by atoms with Crippen molar-refractivity contribution in [2.24, 2.45) is 0 Å². The molecule has 1 atom stereocenters. The van der Waals surface area contributed by atoms with Crippen LogP contribution < -0.4 is 20.1 Å². The zero-order valence-corrected chi connectivity index (χ0v) is 14.3. The van der Waals surface area contributed by atoms with E-state index < -0.39 is 0 Å². The Morgan fingerprint density at radius 1 is 1.35 bits per heavy atom. The molecule has 1 saturated heterocycles. The first-order valence-electron chi connectivity index (χ1n) is 8.18. The van der Waals surface area contributed by atoms with E-state index in [1.807, 2.05) is 18.2 Å². The molecule has 2 aliphatic rings. The molecule has 1 amide bonds. The number of amides is 1. The summed E-state index contributed by atoms with van der Waals surface area (Å²) >= 11 is 1.75. The van der Waals surface area contributed by atoms with Crippen LogP contribution >= 0.6 is 11.8 Å². The van der Waals surface area contributed by atoms with Gasteiger partial charge in [-0.25, -0.2) is 0 Å². The van der Waals surface area contributed by atoms with Gasteiger partial charge in [-0.1, -0.05) is 6.07 Å². The second-order valence-corrected chi connectivity index (χ2v) is 7.03. The fourth-order valence-electron chi connectivity index (χ4n) is 2.98. The number of ether oxygens (including phenoxy) is 2. The molecule has 1 aromatic rings. The van der Waals surface area contributed by atoms with Crippen molar-refractivity contribution in [1.29, 1.82) is 0 Å². The van der Waals surface area contributed by atoms with Gasteiger partial charge in [0.25, 0.3) is 0 Å². The summed E-state index contributed by atoms with van der Waals surface area (Å²) in [7, 11) is 1.65. The molecule has 2 fully saturated rings. The van der Waals surface area contributed by atoms with Crippen molar-refractivity contribution in [3.05, 3.63) is 23.8 Å². The van der Waals surface area contributed by atoms with E-state index in [-0.39, 0.29) is 18.1 Å². The van der Waals surface area contributed by atoms with E-state index in [4.69, 9.17) is 9.47 Å².